The molecule has 9 heteroatoms. The Morgan fingerprint density at radius 2 is 1.76 bits per heavy atom. The highest BCUT2D eigenvalue weighted by Crippen LogP contribution is 2.12. The number of hydrogen-bond acceptors (Lipinski definition) is 4. The highest BCUT2D eigenvalue weighted by molar-refractivity contribution is 8.13. The zero-order valence-electron chi connectivity index (χ0n) is 8.43. The first-order valence-corrected chi connectivity index (χ1v) is 8.35. The number of halogens is 2. The Morgan fingerprint density at radius 3 is 2.29 bits per heavy atom. The van der Waals surface area contributed by atoms with Crippen LogP contribution in [0.2, 0.25) is 0 Å². The quantitative estimate of drug-likeness (QED) is 0.811. The summed E-state index contributed by atoms with van der Waals surface area (Å²) in [6.45, 7) is -0.414. The van der Waals surface area contributed by atoms with Crippen molar-refractivity contribution in [1.82, 2.24) is 4.72 Å². The van der Waals surface area contributed by atoms with Gasteiger partial charge in [-0.15, -0.1) is 0 Å². The lowest BCUT2D eigenvalue weighted by Gasteiger charge is -2.06. The Balaban J connectivity index is 2.81. The van der Waals surface area contributed by atoms with Crippen LogP contribution in [0.4, 0.5) is 4.39 Å². The number of nitrogens with one attached hydrogen (secondary N) is 1. The van der Waals surface area contributed by atoms with Crippen molar-refractivity contribution >= 4 is 29.8 Å². The Morgan fingerprint density at radius 1 is 1.18 bits per heavy atom. The Hall–Kier alpha value is -0.700. The molecular formula is C8H9ClFNO4S2. The summed E-state index contributed by atoms with van der Waals surface area (Å²) in [5.74, 6) is -1.48. The Kier molecular flexibility index (Phi) is 4.48. The molecular weight excluding hydrogens is 293 g/mol. The molecule has 0 bridgehead atoms. The molecule has 5 nitrogen and oxygen atoms in total. The van der Waals surface area contributed by atoms with Gasteiger partial charge >= 0.3 is 0 Å². The van der Waals surface area contributed by atoms with Crippen molar-refractivity contribution in [3.8, 4) is 0 Å². The van der Waals surface area contributed by atoms with Gasteiger partial charge in [0.1, 0.15) is 10.7 Å². The van der Waals surface area contributed by atoms with Crippen LogP contribution in [0.25, 0.3) is 0 Å². The van der Waals surface area contributed by atoms with Crippen LogP contribution in [-0.4, -0.2) is 29.1 Å². The van der Waals surface area contributed by atoms with Crippen LogP contribution < -0.4 is 4.72 Å². The largest absolute Gasteiger partial charge is 0.243 e. The summed E-state index contributed by atoms with van der Waals surface area (Å²) in [5, 5.41) is 0. The molecule has 0 amide bonds. The molecule has 0 aliphatic rings. The van der Waals surface area contributed by atoms with E-state index in [9.17, 15) is 21.2 Å². The molecule has 0 fully saturated rings. The summed E-state index contributed by atoms with van der Waals surface area (Å²) >= 11 is 0. The second-order valence-electron chi connectivity index (χ2n) is 3.07. The summed E-state index contributed by atoms with van der Waals surface area (Å²) in [6, 6.07) is 4.77. The van der Waals surface area contributed by atoms with Crippen LogP contribution in [0, 0.1) is 5.82 Å². The Bertz CT molecular complexity index is 600. The third kappa shape index (κ3) is 4.58. The van der Waals surface area contributed by atoms with Gasteiger partial charge in [0.25, 0.3) is 0 Å². The second kappa shape index (κ2) is 5.30. The van der Waals surface area contributed by atoms with Gasteiger partial charge in [0, 0.05) is 17.2 Å². The molecule has 0 saturated heterocycles. The fraction of sp³-hybridized carbons (Fsp3) is 0.250. The van der Waals surface area contributed by atoms with Crippen LogP contribution in [0.5, 0.6) is 0 Å². The molecule has 0 aromatic heterocycles. The molecule has 1 N–H and O–H groups in total. The van der Waals surface area contributed by atoms with Gasteiger partial charge in [-0.1, -0.05) is 12.1 Å². The van der Waals surface area contributed by atoms with Crippen molar-refractivity contribution in [2.45, 2.75) is 4.90 Å². The molecule has 0 unspecified atom stereocenters. The first kappa shape index (κ1) is 14.4. The normalized spacial score (nSPS) is 12.6. The van der Waals surface area contributed by atoms with E-state index >= 15 is 0 Å². The zero-order chi connectivity index (χ0) is 13.1. The van der Waals surface area contributed by atoms with Crippen molar-refractivity contribution in [3.05, 3.63) is 30.1 Å². The van der Waals surface area contributed by atoms with Gasteiger partial charge < -0.3 is 0 Å². The number of sulfonamides is 1. The zero-order valence-corrected chi connectivity index (χ0v) is 10.8. The molecule has 0 saturated carbocycles. The number of hydrogen-bond donors (Lipinski definition) is 1. The molecule has 0 radical (unpaired) electrons. The maximum Gasteiger partial charge on any atom is 0.243 e. The molecule has 0 aliphatic carbocycles. The van der Waals surface area contributed by atoms with Crippen LogP contribution in [0.3, 0.4) is 0 Å². The van der Waals surface area contributed by atoms with E-state index in [1.54, 1.807) is 0 Å². The van der Waals surface area contributed by atoms with Gasteiger partial charge in [-0.05, 0) is 12.1 Å². The first-order chi connectivity index (χ1) is 7.72. The molecule has 0 heterocycles. The topological polar surface area (TPSA) is 80.3 Å². The predicted octanol–water partition coefficient (Wildman–Crippen LogP) is 0.673. The Labute approximate surface area is 103 Å². The van der Waals surface area contributed by atoms with Gasteiger partial charge in [-0.3, -0.25) is 0 Å². The molecule has 0 atom stereocenters. The summed E-state index contributed by atoms with van der Waals surface area (Å²) in [7, 11) is -2.95. The summed E-state index contributed by atoms with van der Waals surface area (Å²) in [6.07, 6.45) is 0. The van der Waals surface area contributed by atoms with E-state index in [0.717, 1.165) is 12.1 Å². The van der Waals surface area contributed by atoms with Gasteiger partial charge in [0.2, 0.25) is 19.1 Å². The van der Waals surface area contributed by atoms with Crippen molar-refractivity contribution in [3.63, 3.8) is 0 Å². The fourth-order valence-electron chi connectivity index (χ4n) is 1.04. The molecule has 1 aromatic rings. The average Bonchev–Trinajstić information content (AvgIpc) is 2.15. The van der Waals surface area contributed by atoms with Crippen molar-refractivity contribution in [2.24, 2.45) is 0 Å². The van der Waals surface area contributed by atoms with Crippen LogP contribution in [0.1, 0.15) is 0 Å². The van der Waals surface area contributed by atoms with Gasteiger partial charge in [0.05, 0.1) is 5.75 Å². The number of benzene rings is 1. The van der Waals surface area contributed by atoms with E-state index in [2.05, 4.69) is 0 Å². The molecule has 1 aromatic carbocycles. The molecule has 0 aliphatic heterocycles. The van der Waals surface area contributed by atoms with Crippen LogP contribution in [-0.2, 0) is 19.1 Å². The summed E-state index contributed by atoms with van der Waals surface area (Å²) in [5.41, 5.74) is 0. The minimum atomic E-state index is -4.06. The van der Waals surface area contributed by atoms with Gasteiger partial charge in [-0.25, -0.2) is 25.9 Å². The second-order valence-corrected chi connectivity index (χ2v) is 7.70. The monoisotopic (exact) mass is 301 g/mol. The van der Waals surface area contributed by atoms with Crippen LogP contribution >= 0.6 is 10.7 Å². The van der Waals surface area contributed by atoms with E-state index in [-0.39, 0.29) is 0 Å². The maximum absolute atomic E-state index is 13.2. The van der Waals surface area contributed by atoms with E-state index in [1.807, 2.05) is 4.72 Å². The van der Waals surface area contributed by atoms with Crippen molar-refractivity contribution < 1.29 is 21.2 Å². The molecule has 1 rings (SSSR count). The van der Waals surface area contributed by atoms with Gasteiger partial charge in [0.15, 0.2) is 0 Å². The van der Waals surface area contributed by atoms with E-state index < -0.39 is 42.1 Å². The third-order valence-corrected chi connectivity index (χ3v) is 4.41. The lowest BCUT2D eigenvalue weighted by Crippen LogP contribution is -2.28. The molecule has 96 valence electrons. The fourth-order valence-corrected chi connectivity index (χ4v) is 2.85. The predicted molar refractivity (Wildman–Crippen MR) is 61.2 cm³/mol. The summed E-state index contributed by atoms with van der Waals surface area (Å²) in [4.78, 5) is -0.535. The third-order valence-electron chi connectivity index (χ3n) is 1.76. The maximum atomic E-state index is 13.2. The standard InChI is InChI=1S/C8H9ClFNO4S2/c9-16(12,13)6-5-11-17(14,15)8-4-2-1-3-7(8)10/h1-4,11H,5-6H2. The summed E-state index contributed by atoms with van der Waals surface area (Å²) < 4.78 is 59.4. The molecule has 17 heavy (non-hydrogen) atoms. The average molecular weight is 302 g/mol. The number of rotatable bonds is 5. The highest BCUT2D eigenvalue weighted by atomic mass is 35.7. The lowest BCUT2D eigenvalue weighted by atomic mass is 10.4. The SMILES string of the molecule is O=S(=O)(Cl)CCNS(=O)(=O)c1ccccc1F. The minimum Gasteiger partial charge on any atom is -0.212 e. The van der Waals surface area contributed by atoms with Crippen LogP contribution in [0.15, 0.2) is 29.2 Å². The van der Waals surface area contributed by atoms with E-state index in [1.165, 1.54) is 12.1 Å². The minimum absolute atomic E-state index is 0.414. The highest BCUT2D eigenvalue weighted by Gasteiger charge is 2.18. The molecule has 0 spiro atoms. The smallest absolute Gasteiger partial charge is 0.212 e. The lowest BCUT2D eigenvalue weighted by molar-refractivity contribution is 0.558. The van der Waals surface area contributed by atoms with Crippen molar-refractivity contribution in [1.29, 1.82) is 0 Å². The first-order valence-electron chi connectivity index (χ1n) is 4.39. The van der Waals surface area contributed by atoms with Crippen molar-refractivity contribution in [2.75, 3.05) is 12.3 Å². The van der Waals surface area contributed by atoms with Gasteiger partial charge in [-0.2, -0.15) is 0 Å². The van der Waals surface area contributed by atoms with E-state index in [4.69, 9.17) is 10.7 Å². The van der Waals surface area contributed by atoms with E-state index in [0.29, 0.717) is 0 Å².